The van der Waals surface area contributed by atoms with Crippen molar-refractivity contribution in [3.05, 3.63) is 64.5 Å². The predicted molar refractivity (Wildman–Crippen MR) is 91.6 cm³/mol. The lowest BCUT2D eigenvalue weighted by Crippen LogP contribution is -2.14. The highest BCUT2D eigenvalue weighted by atomic mass is 19.1. The van der Waals surface area contributed by atoms with E-state index in [1.807, 2.05) is 37.9 Å². The Morgan fingerprint density at radius 3 is 2.57 bits per heavy atom. The zero-order valence-corrected chi connectivity index (χ0v) is 13.7. The van der Waals surface area contributed by atoms with Gasteiger partial charge in [-0.25, -0.2) is 9.38 Å². The Morgan fingerprint density at radius 2 is 1.96 bits per heavy atom. The molecule has 118 valence electrons. The van der Waals surface area contributed by atoms with Crippen LogP contribution in [0.25, 0.3) is 0 Å². The number of halogens is 1. The molecule has 0 heterocycles. The van der Waals surface area contributed by atoms with Gasteiger partial charge in [0, 0.05) is 13.6 Å². The molecular weight excluding hydrogens is 289 g/mol. The van der Waals surface area contributed by atoms with Crippen molar-refractivity contribution >= 4 is 12.0 Å². The van der Waals surface area contributed by atoms with Gasteiger partial charge in [0.1, 0.15) is 11.5 Å². The van der Waals surface area contributed by atoms with Crippen LogP contribution in [0.15, 0.2) is 41.4 Å². The second-order valence-corrected chi connectivity index (χ2v) is 5.53. The van der Waals surface area contributed by atoms with Gasteiger partial charge >= 0.3 is 0 Å². The van der Waals surface area contributed by atoms with Crippen LogP contribution in [0.2, 0.25) is 0 Å². The molecular formula is C19H20FN3. The van der Waals surface area contributed by atoms with E-state index in [-0.39, 0.29) is 5.82 Å². The number of rotatable bonds is 5. The van der Waals surface area contributed by atoms with E-state index in [0.717, 1.165) is 23.2 Å². The first kappa shape index (κ1) is 16.7. The SMILES string of the molecule is CCN(C)C=Nc1cc(C)c(Cc2ccc(C#N)cc2)cc1F. The fourth-order valence-corrected chi connectivity index (χ4v) is 2.16. The van der Waals surface area contributed by atoms with Gasteiger partial charge in [-0.1, -0.05) is 12.1 Å². The summed E-state index contributed by atoms with van der Waals surface area (Å²) in [5.41, 5.74) is 3.96. The van der Waals surface area contributed by atoms with E-state index in [1.54, 1.807) is 30.6 Å². The Labute approximate surface area is 136 Å². The smallest absolute Gasteiger partial charge is 0.149 e. The highest BCUT2D eigenvalue weighted by molar-refractivity contribution is 5.62. The number of hydrogen-bond acceptors (Lipinski definition) is 2. The van der Waals surface area contributed by atoms with Gasteiger partial charge in [-0.2, -0.15) is 5.26 Å². The highest BCUT2D eigenvalue weighted by Crippen LogP contribution is 2.24. The van der Waals surface area contributed by atoms with Crippen LogP contribution in [0.4, 0.5) is 10.1 Å². The van der Waals surface area contributed by atoms with Gasteiger partial charge in [0.25, 0.3) is 0 Å². The van der Waals surface area contributed by atoms with Gasteiger partial charge in [-0.3, -0.25) is 0 Å². The number of aliphatic imine (C=N–C) groups is 1. The maximum absolute atomic E-state index is 14.2. The lowest BCUT2D eigenvalue weighted by molar-refractivity contribution is 0.551. The maximum Gasteiger partial charge on any atom is 0.149 e. The number of nitriles is 1. The molecule has 0 fully saturated rings. The molecule has 3 nitrogen and oxygen atoms in total. The minimum Gasteiger partial charge on any atom is -0.366 e. The lowest BCUT2D eigenvalue weighted by Gasteiger charge is -2.10. The molecule has 0 aliphatic heterocycles. The summed E-state index contributed by atoms with van der Waals surface area (Å²) in [4.78, 5) is 6.09. The van der Waals surface area contributed by atoms with Gasteiger partial charge in [0.15, 0.2) is 0 Å². The normalized spacial score (nSPS) is 10.7. The molecule has 0 saturated heterocycles. The fraction of sp³-hybridized carbons (Fsp3) is 0.263. The Balaban J connectivity index is 2.22. The average molecular weight is 309 g/mol. The zero-order chi connectivity index (χ0) is 16.8. The molecule has 0 aliphatic carbocycles. The van der Waals surface area contributed by atoms with Crippen LogP contribution in [0.1, 0.15) is 29.2 Å². The van der Waals surface area contributed by atoms with E-state index >= 15 is 0 Å². The third kappa shape index (κ3) is 4.40. The zero-order valence-electron chi connectivity index (χ0n) is 13.7. The van der Waals surface area contributed by atoms with Crippen LogP contribution in [0.5, 0.6) is 0 Å². The Bertz CT molecular complexity index is 742. The summed E-state index contributed by atoms with van der Waals surface area (Å²) in [5, 5.41) is 8.82. The number of nitrogens with zero attached hydrogens (tertiary/aromatic N) is 3. The summed E-state index contributed by atoms with van der Waals surface area (Å²) in [7, 11) is 1.90. The first-order valence-corrected chi connectivity index (χ1v) is 7.56. The van der Waals surface area contributed by atoms with E-state index in [9.17, 15) is 4.39 Å². The topological polar surface area (TPSA) is 39.4 Å². The minimum absolute atomic E-state index is 0.319. The first-order valence-electron chi connectivity index (χ1n) is 7.56. The second kappa shape index (κ2) is 7.55. The summed E-state index contributed by atoms with van der Waals surface area (Å²) in [6, 6.07) is 12.8. The van der Waals surface area contributed by atoms with Crippen LogP contribution in [-0.4, -0.2) is 24.8 Å². The Hall–Kier alpha value is -2.67. The molecule has 0 aliphatic rings. The van der Waals surface area contributed by atoms with Crippen molar-refractivity contribution < 1.29 is 4.39 Å². The summed E-state index contributed by atoms with van der Waals surface area (Å²) >= 11 is 0. The lowest BCUT2D eigenvalue weighted by atomic mass is 9.99. The van der Waals surface area contributed by atoms with E-state index in [1.165, 1.54) is 0 Å². The monoisotopic (exact) mass is 309 g/mol. The Morgan fingerprint density at radius 1 is 1.26 bits per heavy atom. The molecule has 2 aromatic rings. The molecule has 0 unspecified atom stereocenters. The summed E-state index contributed by atoms with van der Waals surface area (Å²) < 4.78 is 14.2. The van der Waals surface area contributed by atoms with Gasteiger partial charge in [-0.15, -0.1) is 0 Å². The highest BCUT2D eigenvalue weighted by Gasteiger charge is 2.08. The molecule has 0 N–H and O–H groups in total. The molecule has 0 bridgehead atoms. The quantitative estimate of drug-likeness (QED) is 0.613. The molecule has 23 heavy (non-hydrogen) atoms. The first-order chi connectivity index (χ1) is 11.0. The second-order valence-electron chi connectivity index (χ2n) is 5.53. The third-order valence-corrected chi connectivity index (χ3v) is 3.78. The van der Waals surface area contributed by atoms with Crippen molar-refractivity contribution in [2.75, 3.05) is 13.6 Å². The van der Waals surface area contributed by atoms with Crippen molar-refractivity contribution in [2.24, 2.45) is 4.99 Å². The number of benzene rings is 2. The van der Waals surface area contributed by atoms with Crippen LogP contribution < -0.4 is 0 Å². The molecule has 2 rings (SSSR count). The van der Waals surface area contributed by atoms with Crippen molar-refractivity contribution in [2.45, 2.75) is 20.3 Å². The van der Waals surface area contributed by atoms with Crippen LogP contribution in [-0.2, 0) is 6.42 Å². The van der Waals surface area contributed by atoms with Crippen molar-refractivity contribution in [1.82, 2.24) is 4.90 Å². The average Bonchev–Trinajstić information content (AvgIpc) is 2.57. The molecule has 0 aromatic heterocycles. The molecule has 0 spiro atoms. The summed E-state index contributed by atoms with van der Waals surface area (Å²) in [6.45, 7) is 4.79. The van der Waals surface area contributed by atoms with Gasteiger partial charge < -0.3 is 4.90 Å². The van der Waals surface area contributed by atoms with Gasteiger partial charge in [-0.05, 0) is 61.2 Å². The fourth-order valence-electron chi connectivity index (χ4n) is 2.16. The minimum atomic E-state index is -0.319. The number of hydrogen-bond donors (Lipinski definition) is 0. The van der Waals surface area contributed by atoms with Crippen LogP contribution in [0, 0.1) is 24.1 Å². The Kier molecular flexibility index (Phi) is 5.48. The maximum atomic E-state index is 14.2. The van der Waals surface area contributed by atoms with Crippen LogP contribution in [0.3, 0.4) is 0 Å². The standard InChI is InChI=1S/C19H20FN3/c1-4-23(3)13-22-19-9-14(2)17(11-18(19)20)10-15-5-7-16(12-21)8-6-15/h5-9,11,13H,4,10H2,1-3H3. The largest absolute Gasteiger partial charge is 0.366 e. The number of aryl methyl sites for hydroxylation is 1. The molecule has 4 heteroatoms. The molecule has 0 atom stereocenters. The summed E-state index contributed by atoms with van der Waals surface area (Å²) in [6.07, 6.45) is 2.27. The van der Waals surface area contributed by atoms with Gasteiger partial charge in [0.05, 0.1) is 18.0 Å². The molecule has 0 amide bonds. The molecule has 0 radical (unpaired) electrons. The third-order valence-electron chi connectivity index (χ3n) is 3.78. The van der Waals surface area contributed by atoms with Crippen molar-refractivity contribution in [3.8, 4) is 6.07 Å². The van der Waals surface area contributed by atoms with Crippen molar-refractivity contribution in [3.63, 3.8) is 0 Å². The van der Waals surface area contributed by atoms with E-state index < -0.39 is 0 Å². The molecule has 0 saturated carbocycles. The predicted octanol–water partition coefficient (Wildman–Crippen LogP) is 4.21. The van der Waals surface area contributed by atoms with E-state index in [2.05, 4.69) is 11.1 Å². The van der Waals surface area contributed by atoms with E-state index in [4.69, 9.17) is 5.26 Å². The summed E-state index contributed by atoms with van der Waals surface area (Å²) in [5.74, 6) is -0.319. The van der Waals surface area contributed by atoms with Crippen molar-refractivity contribution in [1.29, 1.82) is 5.26 Å². The van der Waals surface area contributed by atoms with Crippen LogP contribution >= 0.6 is 0 Å². The van der Waals surface area contributed by atoms with Gasteiger partial charge in [0.2, 0.25) is 0 Å². The molecule has 2 aromatic carbocycles. The van der Waals surface area contributed by atoms with E-state index in [0.29, 0.717) is 17.7 Å².